The van der Waals surface area contributed by atoms with Gasteiger partial charge in [0.05, 0.1) is 5.25 Å². The Morgan fingerprint density at radius 2 is 1.81 bits per heavy atom. The number of aromatic nitrogens is 1. The van der Waals surface area contributed by atoms with Crippen LogP contribution in [-0.4, -0.2) is 60.6 Å². The van der Waals surface area contributed by atoms with Gasteiger partial charge >= 0.3 is 6.09 Å². The molecule has 2 atom stereocenters. The molecular formula is C30H31ClFN3O6S. The van der Waals surface area contributed by atoms with Crippen LogP contribution in [0.4, 0.5) is 9.18 Å². The third-order valence-electron chi connectivity index (χ3n) is 7.12. The third kappa shape index (κ3) is 6.54. The van der Waals surface area contributed by atoms with E-state index in [-0.39, 0.29) is 18.9 Å². The minimum atomic E-state index is -3.50. The summed E-state index contributed by atoms with van der Waals surface area (Å²) in [6.07, 6.45) is -1.06. The molecule has 9 nitrogen and oxygen atoms in total. The van der Waals surface area contributed by atoms with Gasteiger partial charge in [0.2, 0.25) is 10.0 Å². The summed E-state index contributed by atoms with van der Waals surface area (Å²) in [6.45, 7) is 3.19. The molecule has 2 unspecified atom stereocenters. The van der Waals surface area contributed by atoms with E-state index < -0.39 is 39.3 Å². The van der Waals surface area contributed by atoms with E-state index in [2.05, 4.69) is 9.71 Å². The van der Waals surface area contributed by atoms with Gasteiger partial charge in [-0.25, -0.2) is 22.3 Å². The van der Waals surface area contributed by atoms with Crippen LogP contribution in [0.2, 0.25) is 5.02 Å². The van der Waals surface area contributed by atoms with Gasteiger partial charge in [0.15, 0.2) is 0 Å². The van der Waals surface area contributed by atoms with Crippen LogP contribution in [0, 0.1) is 5.82 Å². The van der Waals surface area contributed by atoms with Crippen LogP contribution in [0.3, 0.4) is 0 Å². The number of ether oxygens (including phenoxy) is 2. The number of halogens is 2. The first kappa shape index (κ1) is 29.8. The fourth-order valence-corrected chi connectivity index (χ4v) is 5.77. The van der Waals surface area contributed by atoms with E-state index in [1.807, 2.05) is 24.3 Å². The molecule has 42 heavy (non-hydrogen) atoms. The fraction of sp³-hybridized carbons (Fsp3) is 0.300. The lowest BCUT2D eigenvalue weighted by atomic mass is 9.92. The summed E-state index contributed by atoms with van der Waals surface area (Å²) in [5.41, 5.74) is 3.55. The molecule has 1 amide bonds. The highest BCUT2D eigenvalue weighted by Crippen LogP contribution is 2.40. The number of hydrogen-bond donors (Lipinski definition) is 3. The average Bonchev–Trinajstić information content (AvgIpc) is 3.33. The molecule has 4 aromatic rings. The second kappa shape index (κ2) is 12.3. The van der Waals surface area contributed by atoms with Crippen LogP contribution in [0.5, 0.6) is 11.5 Å². The van der Waals surface area contributed by atoms with Crippen molar-refractivity contribution in [2.24, 2.45) is 0 Å². The molecule has 2 heterocycles. The van der Waals surface area contributed by atoms with Crippen LogP contribution in [0.15, 0.2) is 66.7 Å². The molecule has 0 bridgehead atoms. The van der Waals surface area contributed by atoms with E-state index >= 15 is 0 Å². The Labute approximate surface area is 248 Å². The summed E-state index contributed by atoms with van der Waals surface area (Å²) in [6, 6.07) is 17.4. The fourth-order valence-electron chi connectivity index (χ4n) is 4.84. The molecule has 3 N–H and O–H groups in total. The lowest BCUT2D eigenvalue weighted by Gasteiger charge is -2.35. The van der Waals surface area contributed by atoms with Crippen molar-refractivity contribution in [3.63, 3.8) is 0 Å². The highest BCUT2D eigenvalue weighted by Gasteiger charge is 2.36. The molecule has 3 aromatic carbocycles. The van der Waals surface area contributed by atoms with Gasteiger partial charge in [-0.2, -0.15) is 0 Å². The monoisotopic (exact) mass is 615 g/mol. The minimum absolute atomic E-state index is 0.119. The van der Waals surface area contributed by atoms with Crippen molar-refractivity contribution >= 4 is 38.6 Å². The van der Waals surface area contributed by atoms with Crippen molar-refractivity contribution in [2.75, 3.05) is 19.7 Å². The Hall–Kier alpha value is -3.64. The first-order chi connectivity index (χ1) is 20.0. The number of H-pyrrole nitrogens is 1. The van der Waals surface area contributed by atoms with Gasteiger partial charge in [-0.05, 0) is 86.0 Å². The quantitative estimate of drug-likeness (QED) is 0.239. The Balaban J connectivity index is 1.37. The topological polar surface area (TPSA) is 121 Å². The predicted octanol–water partition coefficient (Wildman–Crippen LogP) is 5.17. The first-order valence-electron chi connectivity index (χ1n) is 13.4. The number of aromatic amines is 1. The van der Waals surface area contributed by atoms with Crippen LogP contribution in [-0.2, 0) is 16.4 Å². The number of aliphatic hydroxyl groups is 1. The van der Waals surface area contributed by atoms with Crippen LogP contribution < -0.4 is 14.2 Å². The summed E-state index contributed by atoms with van der Waals surface area (Å²) in [5.74, 6) is 0.260. The van der Waals surface area contributed by atoms with Crippen molar-refractivity contribution in [3.8, 4) is 11.5 Å². The predicted molar refractivity (Wildman–Crippen MR) is 158 cm³/mol. The lowest BCUT2D eigenvalue weighted by molar-refractivity contribution is 0.111. The smallest absolute Gasteiger partial charge is 0.416 e. The van der Waals surface area contributed by atoms with Crippen molar-refractivity contribution < 1.29 is 32.2 Å². The number of benzene rings is 3. The van der Waals surface area contributed by atoms with Gasteiger partial charge in [0.25, 0.3) is 0 Å². The van der Waals surface area contributed by atoms with Crippen molar-refractivity contribution in [1.29, 1.82) is 0 Å². The Morgan fingerprint density at radius 1 is 1.12 bits per heavy atom. The van der Waals surface area contributed by atoms with E-state index in [0.29, 0.717) is 23.7 Å². The molecule has 0 saturated heterocycles. The number of carbonyl (C=O) groups is 1. The number of carbonyl (C=O) groups excluding carboxylic acids is 1. The summed E-state index contributed by atoms with van der Waals surface area (Å²) in [7, 11) is -3.50. The van der Waals surface area contributed by atoms with Gasteiger partial charge in [0, 0.05) is 34.7 Å². The van der Waals surface area contributed by atoms with Gasteiger partial charge < -0.3 is 19.6 Å². The molecule has 1 aliphatic rings. The van der Waals surface area contributed by atoms with E-state index in [1.165, 1.54) is 24.3 Å². The molecule has 0 fully saturated rings. The Kier molecular flexibility index (Phi) is 8.74. The van der Waals surface area contributed by atoms with Crippen LogP contribution in [0.25, 0.3) is 10.9 Å². The SMILES string of the molecule is CC(C)S(=O)(=O)NCC(O)COc1ccc(C2c3[nH]c4ccc(Cl)cc4c3CCN2C(=O)Oc2ccc(F)cc2)cc1. The van der Waals surface area contributed by atoms with Crippen molar-refractivity contribution in [2.45, 2.75) is 37.7 Å². The maximum atomic E-state index is 13.4. The second-order valence-electron chi connectivity index (χ2n) is 10.4. The number of aliphatic hydroxyl groups excluding tert-OH is 1. The summed E-state index contributed by atoms with van der Waals surface area (Å²) >= 11 is 6.29. The van der Waals surface area contributed by atoms with Crippen LogP contribution in [0.1, 0.15) is 36.7 Å². The Bertz CT molecular complexity index is 1680. The number of fused-ring (bicyclic) bond motifs is 3. The normalized spacial score (nSPS) is 16.0. The maximum Gasteiger partial charge on any atom is 0.416 e. The average molecular weight is 616 g/mol. The van der Waals surface area contributed by atoms with Gasteiger partial charge in [-0.1, -0.05) is 23.7 Å². The highest BCUT2D eigenvalue weighted by atomic mass is 35.5. The number of nitrogens with one attached hydrogen (secondary N) is 2. The minimum Gasteiger partial charge on any atom is -0.491 e. The molecule has 1 aromatic heterocycles. The number of rotatable bonds is 9. The molecule has 0 saturated carbocycles. The zero-order valence-corrected chi connectivity index (χ0v) is 24.6. The van der Waals surface area contributed by atoms with E-state index in [0.717, 1.165) is 27.7 Å². The molecule has 0 spiro atoms. The summed E-state index contributed by atoms with van der Waals surface area (Å²) in [5, 5.41) is 11.2. The number of sulfonamides is 1. The molecular weight excluding hydrogens is 585 g/mol. The number of amides is 1. The number of hydrogen-bond acceptors (Lipinski definition) is 6. The Morgan fingerprint density at radius 3 is 2.50 bits per heavy atom. The second-order valence-corrected chi connectivity index (χ2v) is 13.1. The van der Waals surface area contributed by atoms with Crippen molar-refractivity contribution in [1.82, 2.24) is 14.6 Å². The number of nitrogens with zero attached hydrogens (tertiary/aromatic N) is 1. The first-order valence-corrected chi connectivity index (χ1v) is 15.4. The molecule has 5 rings (SSSR count). The van der Waals surface area contributed by atoms with Gasteiger partial charge in [0.1, 0.15) is 36.1 Å². The van der Waals surface area contributed by atoms with E-state index in [1.54, 1.807) is 36.9 Å². The standard InChI is InChI=1S/C30H31ClFN3O6S/c1-18(2)42(38,39)33-16-22(36)17-40-23-8-3-19(4-9-23)29-28-25(26-15-20(31)5-12-27(26)34-28)13-14-35(29)30(37)41-24-10-6-21(32)7-11-24/h3-12,15,18,22,29,33-34,36H,13-14,16-17H2,1-2H3. The maximum absolute atomic E-state index is 13.4. The highest BCUT2D eigenvalue weighted by molar-refractivity contribution is 7.90. The molecule has 222 valence electrons. The van der Waals surface area contributed by atoms with Crippen molar-refractivity contribution in [3.05, 3.63) is 94.4 Å². The molecule has 0 radical (unpaired) electrons. The third-order valence-corrected chi connectivity index (χ3v) is 9.17. The lowest BCUT2D eigenvalue weighted by Crippen LogP contribution is -2.42. The molecule has 0 aliphatic carbocycles. The van der Waals surface area contributed by atoms with Crippen LogP contribution >= 0.6 is 11.6 Å². The summed E-state index contributed by atoms with van der Waals surface area (Å²) in [4.78, 5) is 18.5. The molecule has 1 aliphatic heterocycles. The summed E-state index contributed by atoms with van der Waals surface area (Å²) < 4.78 is 50.9. The zero-order valence-electron chi connectivity index (χ0n) is 23.0. The zero-order chi connectivity index (χ0) is 30.0. The van der Waals surface area contributed by atoms with E-state index in [4.69, 9.17) is 21.1 Å². The molecule has 12 heteroatoms. The van der Waals surface area contributed by atoms with Gasteiger partial charge in [-0.3, -0.25) is 4.90 Å². The van der Waals surface area contributed by atoms with E-state index in [9.17, 15) is 22.7 Å². The van der Waals surface area contributed by atoms with Gasteiger partial charge in [-0.15, -0.1) is 0 Å². The largest absolute Gasteiger partial charge is 0.491 e.